The lowest BCUT2D eigenvalue weighted by Gasteiger charge is -2.37. The van der Waals surface area contributed by atoms with E-state index in [4.69, 9.17) is 4.74 Å². The van der Waals surface area contributed by atoms with E-state index in [2.05, 4.69) is 31.0 Å². The van der Waals surface area contributed by atoms with Gasteiger partial charge in [-0.25, -0.2) is 0 Å². The van der Waals surface area contributed by atoms with E-state index in [-0.39, 0.29) is 12.1 Å². The molecule has 4 nitrogen and oxygen atoms in total. The molecule has 0 aromatic rings. The molecule has 1 heterocycles. The van der Waals surface area contributed by atoms with Gasteiger partial charge >= 0.3 is 0 Å². The minimum atomic E-state index is -0.121. The number of nitrogens with one attached hydrogen (secondary N) is 1. The van der Waals surface area contributed by atoms with E-state index in [1.165, 1.54) is 6.42 Å². The number of likely N-dealkylation sites (N-methyl/N-ethyl adjacent to an activating group) is 1. The molecule has 0 bridgehead atoms. The van der Waals surface area contributed by atoms with E-state index in [0.717, 1.165) is 32.5 Å². The van der Waals surface area contributed by atoms with E-state index in [0.29, 0.717) is 12.1 Å². The Hall–Kier alpha value is -0.160. The molecular weight excluding hydrogens is 228 g/mol. The average Bonchev–Trinajstić information content (AvgIpc) is 2.38. The van der Waals surface area contributed by atoms with Gasteiger partial charge in [-0.3, -0.25) is 4.90 Å². The summed E-state index contributed by atoms with van der Waals surface area (Å²) < 4.78 is 5.63. The standard InChI is InChI=1S/C14H30N2O2/c1-12-10-18-13(2)9-16(12)8-6-5-7-14(3,11-17)15-4/h12-13,15,17H,5-11H2,1-4H3. The SMILES string of the molecule is CNC(C)(CO)CCCCN1CC(C)OCC1C. The smallest absolute Gasteiger partial charge is 0.0674 e. The minimum Gasteiger partial charge on any atom is -0.394 e. The largest absolute Gasteiger partial charge is 0.394 e. The van der Waals surface area contributed by atoms with Gasteiger partial charge in [-0.2, -0.15) is 0 Å². The molecule has 2 N–H and O–H groups in total. The van der Waals surface area contributed by atoms with Gasteiger partial charge < -0.3 is 15.2 Å². The second-order valence-electron chi connectivity index (χ2n) is 5.91. The summed E-state index contributed by atoms with van der Waals surface area (Å²) in [4.78, 5) is 2.52. The van der Waals surface area contributed by atoms with Gasteiger partial charge in [0.25, 0.3) is 0 Å². The van der Waals surface area contributed by atoms with Crippen molar-refractivity contribution in [3.63, 3.8) is 0 Å². The van der Waals surface area contributed by atoms with Gasteiger partial charge in [-0.15, -0.1) is 0 Å². The van der Waals surface area contributed by atoms with Crippen molar-refractivity contribution in [1.82, 2.24) is 10.2 Å². The first-order valence-corrected chi connectivity index (χ1v) is 7.16. The predicted octanol–water partition coefficient (Wildman–Crippen LogP) is 1.24. The Morgan fingerprint density at radius 3 is 2.72 bits per heavy atom. The Kier molecular flexibility index (Phi) is 6.57. The highest BCUT2D eigenvalue weighted by molar-refractivity contribution is 4.81. The molecule has 1 rings (SSSR count). The van der Waals surface area contributed by atoms with Crippen LogP contribution in [0.3, 0.4) is 0 Å². The summed E-state index contributed by atoms with van der Waals surface area (Å²) in [6, 6.07) is 0.537. The molecule has 108 valence electrons. The summed E-state index contributed by atoms with van der Waals surface area (Å²) in [6.45, 7) is 9.69. The van der Waals surface area contributed by atoms with Crippen LogP contribution in [0.1, 0.15) is 40.0 Å². The van der Waals surface area contributed by atoms with Crippen LogP contribution in [-0.2, 0) is 4.74 Å². The first-order chi connectivity index (χ1) is 8.50. The lowest BCUT2D eigenvalue weighted by Crippen LogP contribution is -2.47. The first-order valence-electron chi connectivity index (χ1n) is 7.16. The summed E-state index contributed by atoms with van der Waals surface area (Å²) in [5, 5.41) is 12.5. The first kappa shape index (κ1) is 15.9. The van der Waals surface area contributed by atoms with E-state index >= 15 is 0 Å². The third-order valence-electron chi connectivity index (χ3n) is 4.11. The average molecular weight is 258 g/mol. The van der Waals surface area contributed by atoms with Gasteiger partial charge in [0, 0.05) is 18.1 Å². The van der Waals surface area contributed by atoms with Crippen LogP contribution in [0.25, 0.3) is 0 Å². The lowest BCUT2D eigenvalue weighted by atomic mass is 9.96. The van der Waals surface area contributed by atoms with Crippen LogP contribution in [0.15, 0.2) is 0 Å². The molecule has 0 aromatic heterocycles. The molecule has 0 spiro atoms. The summed E-state index contributed by atoms with van der Waals surface area (Å²) >= 11 is 0. The van der Waals surface area contributed by atoms with Gasteiger partial charge in [0.2, 0.25) is 0 Å². The number of aliphatic hydroxyl groups is 1. The molecule has 0 amide bonds. The minimum absolute atomic E-state index is 0.121. The van der Waals surface area contributed by atoms with Crippen molar-refractivity contribution in [2.75, 3.05) is 33.4 Å². The molecule has 3 atom stereocenters. The molecule has 3 unspecified atom stereocenters. The number of morpholine rings is 1. The fourth-order valence-corrected chi connectivity index (χ4v) is 2.40. The Morgan fingerprint density at radius 2 is 2.11 bits per heavy atom. The van der Waals surface area contributed by atoms with Crippen molar-refractivity contribution in [3.8, 4) is 0 Å². The number of ether oxygens (including phenoxy) is 1. The van der Waals surface area contributed by atoms with Crippen molar-refractivity contribution in [2.45, 2.75) is 57.7 Å². The van der Waals surface area contributed by atoms with E-state index < -0.39 is 0 Å². The highest BCUT2D eigenvalue weighted by atomic mass is 16.5. The van der Waals surface area contributed by atoms with Gasteiger partial charge in [-0.05, 0) is 47.2 Å². The molecule has 0 aromatic carbocycles. The Morgan fingerprint density at radius 1 is 1.39 bits per heavy atom. The Labute approximate surface area is 112 Å². The molecule has 1 fully saturated rings. The number of aliphatic hydroxyl groups excluding tert-OH is 1. The third-order valence-corrected chi connectivity index (χ3v) is 4.11. The zero-order valence-corrected chi connectivity index (χ0v) is 12.4. The molecular formula is C14H30N2O2. The van der Waals surface area contributed by atoms with Crippen molar-refractivity contribution in [1.29, 1.82) is 0 Å². The number of rotatable bonds is 7. The van der Waals surface area contributed by atoms with Gasteiger partial charge in [-0.1, -0.05) is 6.42 Å². The lowest BCUT2D eigenvalue weighted by molar-refractivity contribution is -0.0497. The fraction of sp³-hybridized carbons (Fsp3) is 1.00. The molecule has 0 aliphatic carbocycles. The summed E-state index contributed by atoms with van der Waals surface area (Å²) in [5.41, 5.74) is -0.121. The fourth-order valence-electron chi connectivity index (χ4n) is 2.40. The summed E-state index contributed by atoms with van der Waals surface area (Å²) in [7, 11) is 1.92. The van der Waals surface area contributed by atoms with Gasteiger partial charge in [0.15, 0.2) is 0 Å². The number of hydrogen-bond acceptors (Lipinski definition) is 4. The zero-order valence-electron chi connectivity index (χ0n) is 12.4. The number of nitrogens with zero attached hydrogens (tertiary/aromatic N) is 1. The van der Waals surface area contributed by atoms with Crippen LogP contribution in [0.2, 0.25) is 0 Å². The zero-order chi connectivity index (χ0) is 13.6. The molecule has 18 heavy (non-hydrogen) atoms. The van der Waals surface area contributed by atoms with Crippen molar-refractivity contribution >= 4 is 0 Å². The summed E-state index contributed by atoms with van der Waals surface area (Å²) in [6.07, 6.45) is 3.72. The molecule has 1 aliphatic rings. The Balaban J connectivity index is 2.21. The third kappa shape index (κ3) is 4.84. The van der Waals surface area contributed by atoms with E-state index in [1.54, 1.807) is 0 Å². The van der Waals surface area contributed by atoms with Crippen molar-refractivity contribution in [2.24, 2.45) is 0 Å². The molecule has 0 radical (unpaired) electrons. The highest BCUT2D eigenvalue weighted by Gasteiger charge is 2.23. The maximum absolute atomic E-state index is 9.32. The van der Waals surface area contributed by atoms with Crippen LogP contribution >= 0.6 is 0 Å². The number of hydrogen-bond donors (Lipinski definition) is 2. The van der Waals surface area contributed by atoms with Crippen molar-refractivity contribution in [3.05, 3.63) is 0 Å². The van der Waals surface area contributed by atoms with Crippen LogP contribution < -0.4 is 5.32 Å². The highest BCUT2D eigenvalue weighted by Crippen LogP contribution is 2.15. The van der Waals surface area contributed by atoms with Crippen LogP contribution in [0.4, 0.5) is 0 Å². The van der Waals surface area contributed by atoms with Crippen LogP contribution in [0, 0.1) is 0 Å². The second-order valence-corrected chi connectivity index (χ2v) is 5.91. The quantitative estimate of drug-likeness (QED) is 0.674. The Bertz CT molecular complexity index is 232. The monoisotopic (exact) mass is 258 g/mol. The molecule has 1 saturated heterocycles. The number of unbranched alkanes of at least 4 members (excludes halogenated alkanes) is 1. The normalized spacial score (nSPS) is 29.2. The van der Waals surface area contributed by atoms with Crippen molar-refractivity contribution < 1.29 is 9.84 Å². The molecule has 0 saturated carbocycles. The van der Waals surface area contributed by atoms with Crippen LogP contribution in [0.5, 0.6) is 0 Å². The predicted molar refractivity (Wildman–Crippen MR) is 74.9 cm³/mol. The van der Waals surface area contributed by atoms with Gasteiger partial charge in [0.1, 0.15) is 0 Å². The summed E-state index contributed by atoms with van der Waals surface area (Å²) in [5.74, 6) is 0. The molecule has 1 aliphatic heterocycles. The van der Waals surface area contributed by atoms with Gasteiger partial charge in [0.05, 0.1) is 19.3 Å². The maximum Gasteiger partial charge on any atom is 0.0674 e. The maximum atomic E-state index is 9.32. The topological polar surface area (TPSA) is 44.7 Å². The van der Waals surface area contributed by atoms with E-state index in [1.807, 2.05) is 7.05 Å². The second kappa shape index (κ2) is 7.43. The van der Waals surface area contributed by atoms with E-state index in [9.17, 15) is 5.11 Å². The van der Waals surface area contributed by atoms with Crippen LogP contribution in [-0.4, -0.2) is 61.0 Å². The molecule has 4 heteroatoms.